The maximum atomic E-state index is 7.10. The molecule has 1 fully saturated rings. The van der Waals surface area contributed by atoms with Crippen molar-refractivity contribution in [3.63, 3.8) is 0 Å². The van der Waals surface area contributed by atoms with Gasteiger partial charge in [0.2, 0.25) is 0 Å². The molecule has 4 N–H and O–H groups in total. The lowest BCUT2D eigenvalue weighted by Gasteiger charge is -2.13. The summed E-state index contributed by atoms with van der Waals surface area (Å²) in [5.41, 5.74) is 16.6. The van der Waals surface area contributed by atoms with Gasteiger partial charge in [-0.3, -0.25) is 0 Å². The SMILES string of the molecule is Cc1cc(N)nc(COCC2C[C@@H](OCc3cc(C)cc(N=N)n3)CN2)c1. The zero-order valence-electron chi connectivity index (χ0n) is 15.7. The van der Waals surface area contributed by atoms with Crippen LogP contribution in [0.1, 0.15) is 28.9 Å². The largest absolute Gasteiger partial charge is 0.384 e. The van der Waals surface area contributed by atoms with Gasteiger partial charge in [-0.15, -0.1) is 5.11 Å². The Morgan fingerprint density at radius 2 is 1.89 bits per heavy atom. The van der Waals surface area contributed by atoms with E-state index in [0.29, 0.717) is 31.5 Å². The molecule has 2 aromatic heterocycles. The van der Waals surface area contributed by atoms with Crippen LogP contribution in [0, 0.1) is 19.4 Å². The highest BCUT2D eigenvalue weighted by molar-refractivity contribution is 5.34. The molecule has 1 unspecified atom stereocenters. The summed E-state index contributed by atoms with van der Waals surface area (Å²) >= 11 is 0. The van der Waals surface area contributed by atoms with Crippen LogP contribution in [0.4, 0.5) is 11.6 Å². The molecule has 1 aliphatic heterocycles. The van der Waals surface area contributed by atoms with Crippen molar-refractivity contribution < 1.29 is 9.47 Å². The lowest BCUT2D eigenvalue weighted by atomic mass is 10.2. The van der Waals surface area contributed by atoms with Crippen molar-refractivity contribution >= 4 is 11.6 Å². The van der Waals surface area contributed by atoms with Gasteiger partial charge in [0.15, 0.2) is 5.82 Å². The first-order valence-electron chi connectivity index (χ1n) is 9.02. The van der Waals surface area contributed by atoms with Gasteiger partial charge in [-0.25, -0.2) is 15.5 Å². The summed E-state index contributed by atoms with van der Waals surface area (Å²) in [6, 6.07) is 7.81. The van der Waals surface area contributed by atoms with Gasteiger partial charge in [0.05, 0.1) is 37.3 Å². The lowest BCUT2D eigenvalue weighted by Crippen LogP contribution is -2.26. The highest BCUT2D eigenvalue weighted by Crippen LogP contribution is 2.17. The Labute approximate surface area is 159 Å². The van der Waals surface area contributed by atoms with Gasteiger partial charge in [0, 0.05) is 12.6 Å². The number of nitrogen functional groups attached to an aromatic ring is 1. The van der Waals surface area contributed by atoms with Crippen molar-refractivity contribution in [2.24, 2.45) is 5.11 Å². The molecule has 0 spiro atoms. The van der Waals surface area contributed by atoms with E-state index in [-0.39, 0.29) is 12.1 Å². The van der Waals surface area contributed by atoms with E-state index in [4.69, 9.17) is 20.7 Å². The Kier molecular flexibility index (Phi) is 6.44. The summed E-state index contributed by atoms with van der Waals surface area (Å²) in [4.78, 5) is 8.56. The Morgan fingerprint density at radius 1 is 1.15 bits per heavy atom. The summed E-state index contributed by atoms with van der Waals surface area (Å²) in [6.45, 7) is 6.19. The summed E-state index contributed by atoms with van der Waals surface area (Å²) in [5.74, 6) is 0.932. The molecule has 8 nitrogen and oxygen atoms in total. The molecule has 3 heterocycles. The fourth-order valence-corrected chi connectivity index (χ4v) is 3.24. The van der Waals surface area contributed by atoms with E-state index in [0.717, 1.165) is 35.5 Å². The van der Waals surface area contributed by atoms with Gasteiger partial charge in [-0.2, -0.15) is 0 Å². The molecule has 3 rings (SSSR count). The molecular formula is C19H26N6O2. The van der Waals surface area contributed by atoms with Crippen molar-refractivity contribution in [3.05, 3.63) is 46.8 Å². The van der Waals surface area contributed by atoms with E-state index in [1.165, 1.54) is 0 Å². The molecule has 2 atom stereocenters. The molecule has 0 aliphatic carbocycles. The zero-order valence-corrected chi connectivity index (χ0v) is 15.7. The number of rotatable bonds is 8. The Balaban J connectivity index is 1.41. The maximum absolute atomic E-state index is 7.10. The van der Waals surface area contributed by atoms with E-state index in [1.807, 2.05) is 32.0 Å². The Morgan fingerprint density at radius 3 is 2.63 bits per heavy atom. The highest BCUT2D eigenvalue weighted by atomic mass is 16.5. The number of ether oxygens (including phenoxy) is 2. The van der Waals surface area contributed by atoms with Crippen molar-refractivity contribution in [2.75, 3.05) is 18.9 Å². The normalized spacial score (nSPS) is 19.3. The van der Waals surface area contributed by atoms with Gasteiger partial charge >= 0.3 is 0 Å². The van der Waals surface area contributed by atoms with Crippen molar-refractivity contribution in [2.45, 2.75) is 45.6 Å². The van der Waals surface area contributed by atoms with Gasteiger partial charge in [0.1, 0.15) is 5.82 Å². The summed E-state index contributed by atoms with van der Waals surface area (Å²) < 4.78 is 11.7. The van der Waals surface area contributed by atoms with Crippen molar-refractivity contribution in [1.29, 1.82) is 5.53 Å². The number of hydrogen-bond donors (Lipinski definition) is 3. The first-order valence-corrected chi connectivity index (χ1v) is 9.02. The van der Waals surface area contributed by atoms with Crippen LogP contribution < -0.4 is 11.1 Å². The van der Waals surface area contributed by atoms with E-state index in [1.54, 1.807) is 6.07 Å². The summed E-state index contributed by atoms with van der Waals surface area (Å²) in [7, 11) is 0. The van der Waals surface area contributed by atoms with Gasteiger partial charge in [-0.05, 0) is 55.7 Å². The number of aryl methyl sites for hydroxylation is 2. The number of nitrogens with one attached hydrogen (secondary N) is 2. The summed E-state index contributed by atoms with van der Waals surface area (Å²) in [5, 5.41) is 6.82. The van der Waals surface area contributed by atoms with E-state index < -0.39 is 0 Å². The quantitative estimate of drug-likeness (QED) is 0.615. The monoisotopic (exact) mass is 370 g/mol. The molecule has 0 bridgehead atoms. The summed E-state index contributed by atoms with van der Waals surface area (Å²) in [6.07, 6.45) is 0.996. The second-order valence-corrected chi connectivity index (χ2v) is 6.96. The van der Waals surface area contributed by atoms with Crippen LogP contribution in [-0.4, -0.2) is 35.3 Å². The van der Waals surface area contributed by atoms with Crippen LogP contribution in [0.2, 0.25) is 0 Å². The second kappa shape index (κ2) is 8.98. The molecule has 1 aliphatic rings. The molecule has 144 valence electrons. The predicted octanol–water partition coefficient (Wildman–Crippen LogP) is 2.80. The number of aromatic nitrogens is 2. The molecule has 0 amide bonds. The molecule has 0 aromatic carbocycles. The van der Waals surface area contributed by atoms with Crippen LogP contribution in [0.15, 0.2) is 29.4 Å². The molecule has 0 radical (unpaired) electrons. The minimum Gasteiger partial charge on any atom is -0.384 e. The number of pyridine rings is 2. The van der Waals surface area contributed by atoms with Gasteiger partial charge in [0.25, 0.3) is 0 Å². The Bertz CT molecular complexity index is 778. The lowest BCUT2D eigenvalue weighted by molar-refractivity contribution is 0.0453. The van der Waals surface area contributed by atoms with Crippen LogP contribution >= 0.6 is 0 Å². The average molecular weight is 370 g/mol. The molecule has 1 saturated heterocycles. The fourth-order valence-electron chi connectivity index (χ4n) is 3.24. The zero-order chi connectivity index (χ0) is 19.2. The smallest absolute Gasteiger partial charge is 0.174 e. The van der Waals surface area contributed by atoms with E-state index in [9.17, 15) is 0 Å². The number of anilines is 1. The predicted molar refractivity (Wildman–Crippen MR) is 102 cm³/mol. The first-order chi connectivity index (χ1) is 13.0. The number of nitrogens with two attached hydrogens (primary N) is 1. The topological polar surface area (TPSA) is 119 Å². The molecular weight excluding hydrogens is 344 g/mol. The minimum atomic E-state index is 0.116. The minimum absolute atomic E-state index is 0.116. The standard InChI is InChI=1S/C19H26N6O2/c1-12-3-15(23-18(20)5-12)10-26-9-14-7-17(8-22-14)27-11-16-4-13(2)6-19(24-16)25-21/h3-6,14,17,21-22H,7-11H2,1-2H3,(H2,20,23)/t14?,17-/m1/s1. The third kappa shape index (κ3) is 5.78. The molecule has 8 heteroatoms. The molecule has 27 heavy (non-hydrogen) atoms. The van der Waals surface area contributed by atoms with E-state index >= 15 is 0 Å². The Hall–Kier alpha value is -2.42. The average Bonchev–Trinajstić information content (AvgIpc) is 3.06. The van der Waals surface area contributed by atoms with Crippen molar-refractivity contribution in [3.8, 4) is 0 Å². The maximum Gasteiger partial charge on any atom is 0.174 e. The number of hydrogen-bond acceptors (Lipinski definition) is 8. The van der Waals surface area contributed by atoms with Crippen LogP contribution in [0.3, 0.4) is 0 Å². The third-order valence-corrected chi connectivity index (χ3v) is 4.38. The third-order valence-electron chi connectivity index (χ3n) is 4.38. The highest BCUT2D eigenvalue weighted by Gasteiger charge is 2.25. The van der Waals surface area contributed by atoms with Crippen LogP contribution in [-0.2, 0) is 22.7 Å². The van der Waals surface area contributed by atoms with Crippen LogP contribution in [0.5, 0.6) is 0 Å². The van der Waals surface area contributed by atoms with Crippen LogP contribution in [0.25, 0.3) is 0 Å². The van der Waals surface area contributed by atoms with Gasteiger partial charge < -0.3 is 20.5 Å². The first kappa shape index (κ1) is 19.3. The number of nitrogens with zero attached hydrogens (tertiary/aromatic N) is 3. The molecule has 0 saturated carbocycles. The van der Waals surface area contributed by atoms with E-state index in [2.05, 4.69) is 20.4 Å². The fraction of sp³-hybridized carbons (Fsp3) is 0.474. The molecule has 2 aromatic rings. The van der Waals surface area contributed by atoms with Crippen molar-refractivity contribution in [1.82, 2.24) is 15.3 Å². The van der Waals surface area contributed by atoms with Gasteiger partial charge in [-0.1, -0.05) is 0 Å². The second-order valence-electron chi connectivity index (χ2n) is 6.96.